The highest BCUT2D eigenvalue weighted by atomic mass is 16.5. The predicted molar refractivity (Wildman–Crippen MR) is 105 cm³/mol. The number of hydrogen-bond acceptors (Lipinski definition) is 2. The molecule has 126 valence electrons. The van der Waals surface area contributed by atoms with Crippen molar-refractivity contribution < 1.29 is 4.74 Å². The normalized spacial score (nSPS) is 14.8. The molecule has 0 saturated carbocycles. The molecule has 0 fully saturated rings. The number of aromatic nitrogens is 1. The van der Waals surface area contributed by atoms with Gasteiger partial charge in [0.15, 0.2) is 0 Å². The first-order valence-corrected chi connectivity index (χ1v) is 8.07. The minimum Gasteiger partial charge on any atom is -0.492 e. The number of nitrogens with zero attached hydrogens (tertiary/aromatic N) is 1. The zero-order chi connectivity index (χ0) is 17.9. The molecule has 0 saturated heterocycles. The topological polar surface area (TPSA) is 22.1 Å². The van der Waals surface area contributed by atoms with Gasteiger partial charge in [-0.25, -0.2) is 4.98 Å². The van der Waals surface area contributed by atoms with E-state index in [1.54, 1.807) is 6.08 Å². The van der Waals surface area contributed by atoms with Gasteiger partial charge in [0.1, 0.15) is 6.61 Å². The van der Waals surface area contributed by atoms with Crippen molar-refractivity contribution in [3.05, 3.63) is 88.8 Å². The Labute approximate surface area is 145 Å². The third kappa shape index (κ3) is 5.88. The van der Waals surface area contributed by atoms with Crippen LogP contribution in [-0.4, -0.2) is 4.98 Å². The molecule has 1 aromatic heterocycles. The molecule has 2 heteroatoms. The molecule has 0 amide bonds. The van der Waals surface area contributed by atoms with Crippen molar-refractivity contribution in [1.29, 1.82) is 0 Å². The SMILES string of the molecule is C=C/C=c1/nc(CO/C(C)=C/C(/C=C\C)=C(\C)C=C)cc/c1=C/C. The van der Waals surface area contributed by atoms with Crippen LogP contribution in [0.15, 0.2) is 72.6 Å². The van der Waals surface area contributed by atoms with Crippen LogP contribution in [0.25, 0.3) is 12.2 Å². The standard InChI is InChI=1S/C22H27NO/c1-7-11-20(17(5)9-3)15-18(6)24-16-21-14-13-19(10-4)22(23-21)12-8-2/h7-15H,2-3,16H2,1,4-6H3/b11-7-,18-15+,19-10-,20-17+,22-12+. The van der Waals surface area contributed by atoms with Gasteiger partial charge in [0.25, 0.3) is 0 Å². The van der Waals surface area contributed by atoms with Crippen molar-refractivity contribution in [2.45, 2.75) is 34.3 Å². The first-order valence-electron chi connectivity index (χ1n) is 8.07. The molecule has 0 spiro atoms. The van der Waals surface area contributed by atoms with Gasteiger partial charge >= 0.3 is 0 Å². The zero-order valence-corrected chi connectivity index (χ0v) is 15.2. The second kappa shape index (κ2) is 10.2. The summed E-state index contributed by atoms with van der Waals surface area (Å²) in [6.45, 7) is 16.0. The summed E-state index contributed by atoms with van der Waals surface area (Å²) in [5.41, 5.74) is 3.09. The number of allylic oxidation sites excluding steroid dienone is 8. The molecule has 1 rings (SSSR count). The molecule has 1 heterocycles. The van der Waals surface area contributed by atoms with Crippen molar-refractivity contribution in [3.8, 4) is 0 Å². The van der Waals surface area contributed by atoms with E-state index in [0.29, 0.717) is 6.61 Å². The summed E-state index contributed by atoms with van der Waals surface area (Å²) in [6.07, 6.45) is 13.6. The van der Waals surface area contributed by atoms with E-state index < -0.39 is 0 Å². The second-order valence-electron chi connectivity index (χ2n) is 5.35. The molecule has 0 unspecified atom stereocenters. The van der Waals surface area contributed by atoms with E-state index in [4.69, 9.17) is 4.74 Å². The summed E-state index contributed by atoms with van der Waals surface area (Å²) in [4.78, 5) is 4.62. The molecule has 1 aromatic rings. The van der Waals surface area contributed by atoms with Gasteiger partial charge in [0.05, 0.1) is 16.8 Å². The summed E-state index contributed by atoms with van der Waals surface area (Å²) in [7, 11) is 0. The zero-order valence-electron chi connectivity index (χ0n) is 15.2. The quantitative estimate of drug-likeness (QED) is 0.550. The van der Waals surface area contributed by atoms with Crippen molar-refractivity contribution in [3.63, 3.8) is 0 Å². The van der Waals surface area contributed by atoms with Crippen LogP contribution in [0.5, 0.6) is 0 Å². The van der Waals surface area contributed by atoms with Crippen molar-refractivity contribution >= 4 is 12.2 Å². The number of ether oxygens (including phenoxy) is 1. The Morgan fingerprint density at radius 2 is 1.96 bits per heavy atom. The van der Waals surface area contributed by atoms with Gasteiger partial charge in [0.2, 0.25) is 0 Å². The number of rotatable bonds is 7. The minimum atomic E-state index is 0.431. The van der Waals surface area contributed by atoms with Gasteiger partial charge in [-0.1, -0.05) is 49.6 Å². The summed E-state index contributed by atoms with van der Waals surface area (Å²) >= 11 is 0. The molecular formula is C22H27NO. The van der Waals surface area contributed by atoms with Gasteiger partial charge in [0, 0.05) is 0 Å². The van der Waals surface area contributed by atoms with Gasteiger partial charge < -0.3 is 4.74 Å². The summed E-state index contributed by atoms with van der Waals surface area (Å²) in [5.74, 6) is 0.839. The Morgan fingerprint density at radius 3 is 2.54 bits per heavy atom. The fraction of sp³-hybridized carbons (Fsp3) is 0.227. The van der Waals surface area contributed by atoms with Crippen LogP contribution in [0.4, 0.5) is 0 Å². The van der Waals surface area contributed by atoms with E-state index in [1.807, 2.05) is 76.3 Å². The fourth-order valence-corrected chi connectivity index (χ4v) is 2.14. The number of pyridine rings is 1. The molecule has 0 aliphatic rings. The van der Waals surface area contributed by atoms with Crippen LogP contribution >= 0.6 is 0 Å². The van der Waals surface area contributed by atoms with Crippen LogP contribution in [0, 0.1) is 0 Å². The van der Waals surface area contributed by atoms with Crippen LogP contribution < -0.4 is 10.6 Å². The largest absolute Gasteiger partial charge is 0.492 e. The summed E-state index contributed by atoms with van der Waals surface area (Å²) < 4.78 is 5.85. The third-order valence-electron chi connectivity index (χ3n) is 3.52. The van der Waals surface area contributed by atoms with Gasteiger partial charge in [-0.2, -0.15) is 0 Å². The lowest BCUT2D eigenvalue weighted by Crippen LogP contribution is -2.28. The molecule has 0 bridgehead atoms. The average molecular weight is 321 g/mol. The predicted octanol–water partition coefficient (Wildman–Crippen LogP) is 4.35. The Balaban J connectivity index is 2.99. The highest BCUT2D eigenvalue weighted by Crippen LogP contribution is 2.13. The lowest BCUT2D eigenvalue weighted by Gasteiger charge is -2.08. The lowest BCUT2D eigenvalue weighted by molar-refractivity contribution is 0.197. The van der Waals surface area contributed by atoms with Gasteiger partial charge in [-0.3, -0.25) is 0 Å². The first kappa shape index (κ1) is 19.4. The van der Waals surface area contributed by atoms with Crippen LogP contribution in [0.3, 0.4) is 0 Å². The van der Waals surface area contributed by atoms with Crippen molar-refractivity contribution in [1.82, 2.24) is 4.98 Å². The second-order valence-corrected chi connectivity index (χ2v) is 5.35. The highest BCUT2D eigenvalue weighted by Gasteiger charge is 1.99. The molecule has 24 heavy (non-hydrogen) atoms. The van der Waals surface area contributed by atoms with Gasteiger partial charge in [-0.15, -0.1) is 0 Å². The minimum absolute atomic E-state index is 0.431. The van der Waals surface area contributed by atoms with Crippen molar-refractivity contribution in [2.75, 3.05) is 0 Å². The van der Waals surface area contributed by atoms with Crippen LogP contribution in [0.1, 0.15) is 33.4 Å². The molecule has 0 aromatic carbocycles. The molecule has 0 aliphatic heterocycles. The smallest absolute Gasteiger partial charge is 0.130 e. The molecule has 0 aliphatic carbocycles. The maximum atomic E-state index is 5.85. The van der Waals surface area contributed by atoms with Crippen LogP contribution in [-0.2, 0) is 11.3 Å². The maximum Gasteiger partial charge on any atom is 0.130 e. The van der Waals surface area contributed by atoms with Crippen LogP contribution in [0.2, 0.25) is 0 Å². The monoisotopic (exact) mass is 321 g/mol. The summed E-state index contributed by atoms with van der Waals surface area (Å²) in [6, 6.07) is 4.04. The molecule has 0 radical (unpaired) electrons. The maximum absolute atomic E-state index is 5.85. The van der Waals surface area contributed by atoms with E-state index in [9.17, 15) is 0 Å². The molecule has 0 atom stereocenters. The van der Waals surface area contributed by atoms with E-state index in [0.717, 1.165) is 33.2 Å². The van der Waals surface area contributed by atoms with E-state index in [2.05, 4.69) is 18.1 Å². The van der Waals surface area contributed by atoms with Crippen molar-refractivity contribution in [2.24, 2.45) is 0 Å². The Kier molecular flexibility index (Phi) is 8.28. The van der Waals surface area contributed by atoms with E-state index in [-0.39, 0.29) is 0 Å². The third-order valence-corrected chi connectivity index (χ3v) is 3.52. The average Bonchev–Trinajstić information content (AvgIpc) is 2.59. The van der Waals surface area contributed by atoms with E-state index in [1.165, 1.54) is 0 Å². The molecular weight excluding hydrogens is 294 g/mol. The molecule has 2 nitrogen and oxygen atoms in total. The Morgan fingerprint density at radius 1 is 1.21 bits per heavy atom. The Hall–Kier alpha value is -2.61. The summed E-state index contributed by atoms with van der Waals surface area (Å²) in [5, 5.41) is 2.00. The van der Waals surface area contributed by atoms with E-state index >= 15 is 0 Å². The molecule has 0 N–H and O–H groups in total. The van der Waals surface area contributed by atoms with Gasteiger partial charge in [-0.05, 0) is 62.3 Å². The fourth-order valence-electron chi connectivity index (χ4n) is 2.14. The first-order chi connectivity index (χ1) is 11.5. The Bertz CT molecular complexity index is 792. The lowest BCUT2D eigenvalue weighted by atomic mass is 10.1. The number of hydrogen-bond donors (Lipinski definition) is 0. The highest BCUT2D eigenvalue weighted by molar-refractivity contribution is 5.40.